The van der Waals surface area contributed by atoms with Crippen LogP contribution in [0.3, 0.4) is 0 Å². The van der Waals surface area contributed by atoms with E-state index in [9.17, 15) is 29.8 Å². The summed E-state index contributed by atoms with van der Waals surface area (Å²) in [5, 5.41) is 21.5. The lowest BCUT2D eigenvalue weighted by Crippen LogP contribution is -2.16. The van der Waals surface area contributed by atoms with Crippen molar-refractivity contribution in [3.05, 3.63) is 56.0 Å². The first-order valence-corrected chi connectivity index (χ1v) is 5.79. The first kappa shape index (κ1) is 15.6. The van der Waals surface area contributed by atoms with Crippen molar-refractivity contribution in [3.8, 4) is 5.88 Å². The molecule has 0 unspecified atom stereocenters. The number of nitro groups is 2. The molecule has 0 aliphatic heterocycles. The van der Waals surface area contributed by atoms with E-state index in [0.29, 0.717) is 6.07 Å². The zero-order valence-corrected chi connectivity index (χ0v) is 11.1. The number of hydrogen-bond acceptors (Lipinski definition) is 8. The van der Waals surface area contributed by atoms with Crippen LogP contribution in [0.1, 0.15) is 20.8 Å². The molecule has 0 fully saturated rings. The van der Waals surface area contributed by atoms with Gasteiger partial charge in [-0.2, -0.15) is 0 Å². The molecule has 3 N–H and O–H groups in total. The molecule has 2 aromatic rings. The molecule has 118 valence electrons. The van der Waals surface area contributed by atoms with Gasteiger partial charge in [-0.05, 0) is 0 Å². The summed E-state index contributed by atoms with van der Waals surface area (Å²) in [4.78, 5) is 48.7. The minimum atomic E-state index is -1.17. The monoisotopic (exact) mass is 321 g/mol. The Morgan fingerprint density at radius 3 is 2.17 bits per heavy atom. The third-order valence-corrected chi connectivity index (χ3v) is 2.60. The predicted molar refractivity (Wildman–Crippen MR) is 71.8 cm³/mol. The second kappa shape index (κ2) is 5.88. The minimum absolute atomic E-state index is 0.293. The van der Waals surface area contributed by atoms with Crippen LogP contribution in [0.25, 0.3) is 0 Å². The van der Waals surface area contributed by atoms with Crippen molar-refractivity contribution in [2.24, 2.45) is 5.73 Å². The van der Waals surface area contributed by atoms with Gasteiger partial charge in [-0.15, -0.1) is 0 Å². The van der Waals surface area contributed by atoms with Crippen LogP contribution in [0, 0.1) is 20.2 Å². The van der Waals surface area contributed by atoms with Crippen LogP contribution in [-0.4, -0.2) is 31.7 Å². The highest BCUT2D eigenvalue weighted by Crippen LogP contribution is 2.24. The normalized spacial score (nSPS) is 10.1. The Labute approximate surface area is 126 Å². The maximum Gasteiger partial charge on any atom is 0.345 e. The smallest absolute Gasteiger partial charge is 0.345 e. The second-order valence-corrected chi connectivity index (χ2v) is 4.09. The van der Waals surface area contributed by atoms with Crippen molar-refractivity contribution in [2.75, 3.05) is 0 Å². The number of nitro benzene ring substituents is 2. The number of non-ortho nitro benzene ring substituents is 2. The van der Waals surface area contributed by atoms with Crippen molar-refractivity contribution >= 4 is 23.3 Å². The van der Waals surface area contributed by atoms with Crippen molar-refractivity contribution in [1.82, 2.24) is 9.97 Å². The summed E-state index contributed by atoms with van der Waals surface area (Å²) >= 11 is 0. The lowest BCUT2D eigenvalue weighted by molar-refractivity contribution is -0.394. The van der Waals surface area contributed by atoms with E-state index in [-0.39, 0.29) is 5.69 Å². The fourth-order valence-corrected chi connectivity index (χ4v) is 1.61. The average Bonchev–Trinajstić information content (AvgIpc) is 2.94. The summed E-state index contributed by atoms with van der Waals surface area (Å²) in [6, 6.07) is 2.29. The Morgan fingerprint density at radius 2 is 1.70 bits per heavy atom. The molecular formula is C11H7N5O7. The minimum Gasteiger partial charge on any atom is -0.401 e. The molecule has 0 atom stereocenters. The standard InChI is InChI=1S/C11H7N5O7/c12-9(17)8-10(14-4-13-8)23-11(18)5-1-6(15(19)20)3-7(2-5)16(21)22/h1-4H,(H2,12,17)(H,13,14). The van der Waals surface area contributed by atoms with Crippen molar-refractivity contribution in [1.29, 1.82) is 0 Å². The van der Waals surface area contributed by atoms with E-state index in [0.717, 1.165) is 18.5 Å². The molecule has 0 radical (unpaired) electrons. The lowest BCUT2D eigenvalue weighted by Gasteiger charge is -2.03. The van der Waals surface area contributed by atoms with E-state index in [1.165, 1.54) is 0 Å². The van der Waals surface area contributed by atoms with Crippen LogP contribution in [0.15, 0.2) is 24.5 Å². The molecule has 23 heavy (non-hydrogen) atoms. The fraction of sp³-hybridized carbons (Fsp3) is 0. The number of rotatable bonds is 5. The molecule has 2 rings (SSSR count). The van der Waals surface area contributed by atoms with Gasteiger partial charge in [0, 0.05) is 12.1 Å². The van der Waals surface area contributed by atoms with Gasteiger partial charge in [0.2, 0.25) is 0 Å². The molecule has 0 spiro atoms. The molecule has 0 saturated carbocycles. The number of benzene rings is 1. The number of ether oxygens (including phenoxy) is 1. The van der Waals surface area contributed by atoms with Crippen LogP contribution in [0.2, 0.25) is 0 Å². The summed E-state index contributed by atoms with van der Waals surface area (Å²) in [7, 11) is 0. The summed E-state index contributed by atoms with van der Waals surface area (Å²) in [5.74, 6) is -2.57. The summed E-state index contributed by atoms with van der Waals surface area (Å²) in [5.41, 5.74) is 2.95. The Hall–Kier alpha value is -3.83. The molecule has 0 saturated heterocycles. The zero-order chi connectivity index (χ0) is 17.1. The van der Waals surface area contributed by atoms with E-state index < -0.39 is 44.5 Å². The van der Waals surface area contributed by atoms with Crippen molar-refractivity contribution < 1.29 is 24.2 Å². The third kappa shape index (κ3) is 3.26. The summed E-state index contributed by atoms with van der Waals surface area (Å²) in [6.07, 6.45) is 1.04. The Bertz CT molecular complexity index is 796. The third-order valence-electron chi connectivity index (χ3n) is 2.60. The largest absolute Gasteiger partial charge is 0.401 e. The van der Waals surface area contributed by atoms with E-state index >= 15 is 0 Å². The van der Waals surface area contributed by atoms with Gasteiger partial charge in [0.05, 0.1) is 27.8 Å². The number of carbonyl (C=O) groups is 2. The van der Waals surface area contributed by atoms with Crippen molar-refractivity contribution in [3.63, 3.8) is 0 Å². The molecule has 0 aliphatic carbocycles. The highest BCUT2D eigenvalue weighted by molar-refractivity contribution is 5.96. The zero-order valence-electron chi connectivity index (χ0n) is 11.1. The molecule has 1 amide bonds. The topological polar surface area (TPSA) is 184 Å². The molecule has 12 heteroatoms. The first-order chi connectivity index (χ1) is 10.8. The number of primary amides is 1. The van der Waals surface area contributed by atoms with Crippen LogP contribution in [0.5, 0.6) is 5.88 Å². The van der Waals surface area contributed by atoms with Gasteiger partial charge in [0.25, 0.3) is 23.2 Å². The maximum absolute atomic E-state index is 12.0. The quantitative estimate of drug-likeness (QED) is 0.453. The second-order valence-electron chi connectivity index (χ2n) is 4.09. The maximum atomic E-state index is 12.0. The molecule has 12 nitrogen and oxygen atoms in total. The lowest BCUT2D eigenvalue weighted by atomic mass is 10.2. The first-order valence-electron chi connectivity index (χ1n) is 5.79. The van der Waals surface area contributed by atoms with Gasteiger partial charge >= 0.3 is 5.97 Å². The van der Waals surface area contributed by atoms with E-state index in [2.05, 4.69) is 9.97 Å². The number of nitrogens with zero attached hydrogens (tertiary/aromatic N) is 3. The molecular weight excluding hydrogens is 314 g/mol. The van der Waals surface area contributed by atoms with Gasteiger partial charge < -0.3 is 15.5 Å². The number of nitrogens with one attached hydrogen (secondary N) is 1. The Balaban J connectivity index is 2.38. The highest BCUT2D eigenvalue weighted by atomic mass is 16.6. The number of hydrogen-bond donors (Lipinski definition) is 2. The number of carbonyl (C=O) groups excluding carboxylic acids is 2. The number of H-pyrrole nitrogens is 1. The van der Waals surface area contributed by atoms with Crippen LogP contribution in [0.4, 0.5) is 11.4 Å². The average molecular weight is 321 g/mol. The fourth-order valence-electron chi connectivity index (χ4n) is 1.61. The van der Waals surface area contributed by atoms with E-state index in [1.54, 1.807) is 0 Å². The molecule has 1 aromatic carbocycles. The van der Waals surface area contributed by atoms with Crippen molar-refractivity contribution in [2.45, 2.75) is 0 Å². The van der Waals surface area contributed by atoms with Gasteiger partial charge in [0.15, 0.2) is 5.69 Å². The number of imidazole rings is 1. The summed E-state index contributed by atoms with van der Waals surface area (Å²) < 4.78 is 4.78. The molecule has 0 aliphatic rings. The van der Waals surface area contributed by atoms with E-state index in [1.807, 2.05) is 0 Å². The number of aromatic amines is 1. The molecule has 1 aromatic heterocycles. The van der Waals surface area contributed by atoms with Crippen LogP contribution in [-0.2, 0) is 0 Å². The number of aromatic nitrogens is 2. The number of esters is 1. The molecule has 0 bridgehead atoms. The van der Waals surface area contributed by atoms with Crippen LogP contribution >= 0.6 is 0 Å². The Morgan fingerprint density at radius 1 is 1.13 bits per heavy atom. The predicted octanol–water partition coefficient (Wildman–Crippen LogP) is 0.544. The van der Waals surface area contributed by atoms with Gasteiger partial charge in [-0.3, -0.25) is 25.0 Å². The van der Waals surface area contributed by atoms with Gasteiger partial charge in [-0.1, -0.05) is 0 Å². The number of nitrogens with two attached hydrogens (primary N) is 1. The molecule has 1 heterocycles. The van der Waals surface area contributed by atoms with Crippen LogP contribution < -0.4 is 10.5 Å². The summed E-state index contributed by atoms with van der Waals surface area (Å²) in [6.45, 7) is 0. The van der Waals surface area contributed by atoms with Gasteiger partial charge in [0.1, 0.15) is 0 Å². The number of amides is 1. The Kier molecular flexibility index (Phi) is 3.98. The SMILES string of the molecule is NC(=O)c1[nH]cnc1OC(=O)c1cc([N+](=O)[O-])cc([N+](=O)[O-])c1. The highest BCUT2D eigenvalue weighted by Gasteiger charge is 2.23. The van der Waals surface area contributed by atoms with E-state index in [4.69, 9.17) is 10.5 Å². The van der Waals surface area contributed by atoms with Gasteiger partial charge in [-0.25, -0.2) is 9.78 Å².